The second kappa shape index (κ2) is 4.49. The van der Waals surface area contributed by atoms with Gasteiger partial charge in [0.2, 0.25) is 0 Å². The molecule has 2 rings (SSSR count). The molecule has 0 spiro atoms. The lowest BCUT2D eigenvalue weighted by Gasteiger charge is -2.03. The fourth-order valence-electron chi connectivity index (χ4n) is 1.27. The summed E-state index contributed by atoms with van der Waals surface area (Å²) >= 11 is 0. The number of benzene rings is 2. The molecule has 0 saturated carbocycles. The SMILES string of the molecule is Nc1ccc(C(=O)Oc2ccccc2)cc1. The maximum atomic E-state index is 11.7. The predicted octanol–water partition coefficient (Wildman–Crippen LogP) is 2.49. The smallest absolute Gasteiger partial charge is 0.343 e. The van der Waals surface area contributed by atoms with Gasteiger partial charge in [-0.25, -0.2) is 4.79 Å². The van der Waals surface area contributed by atoms with E-state index in [9.17, 15) is 4.79 Å². The van der Waals surface area contributed by atoms with Crippen molar-refractivity contribution in [2.24, 2.45) is 0 Å². The standard InChI is InChI=1S/C13H11NO2/c14-11-8-6-10(7-9-11)13(15)16-12-4-2-1-3-5-12/h1-9H,14H2. The third kappa shape index (κ3) is 2.39. The van der Waals surface area contributed by atoms with Crippen molar-refractivity contribution in [3.63, 3.8) is 0 Å². The summed E-state index contributed by atoms with van der Waals surface area (Å²) in [4.78, 5) is 11.7. The third-order valence-corrected chi connectivity index (χ3v) is 2.10. The van der Waals surface area contributed by atoms with Gasteiger partial charge in [0.15, 0.2) is 0 Å². The summed E-state index contributed by atoms with van der Waals surface area (Å²) in [6.45, 7) is 0. The Labute approximate surface area is 93.5 Å². The van der Waals surface area contributed by atoms with Crippen molar-refractivity contribution in [1.82, 2.24) is 0 Å². The number of hydrogen-bond donors (Lipinski definition) is 1. The summed E-state index contributed by atoms with van der Waals surface area (Å²) in [5.74, 6) is 0.149. The van der Waals surface area contributed by atoms with E-state index in [1.165, 1.54) is 0 Å². The Morgan fingerprint density at radius 1 is 0.938 bits per heavy atom. The van der Waals surface area contributed by atoms with E-state index in [-0.39, 0.29) is 5.97 Å². The molecule has 0 heterocycles. The fraction of sp³-hybridized carbons (Fsp3) is 0. The van der Waals surface area contributed by atoms with E-state index in [1.807, 2.05) is 18.2 Å². The van der Waals surface area contributed by atoms with Gasteiger partial charge in [0.25, 0.3) is 0 Å². The molecule has 2 aromatic rings. The average molecular weight is 213 g/mol. The van der Waals surface area contributed by atoms with Crippen LogP contribution < -0.4 is 10.5 Å². The van der Waals surface area contributed by atoms with Gasteiger partial charge < -0.3 is 10.5 Å². The molecule has 0 unspecified atom stereocenters. The van der Waals surface area contributed by atoms with Crippen LogP contribution in [0.15, 0.2) is 54.6 Å². The molecule has 0 aliphatic heterocycles. The number of para-hydroxylation sites is 1. The van der Waals surface area contributed by atoms with Gasteiger partial charge in [0.05, 0.1) is 5.56 Å². The van der Waals surface area contributed by atoms with Gasteiger partial charge in [0, 0.05) is 5.69 Å². The number of esters is 1. The van der Waals surface area contributed by atoms with Crippen molar-refractivity contribution in [2.75, 3.05) is 5.73 Å². The Morgan fingerprint density at radius 3 is 2.19 bits per heavy atom. The zero-order chi connectivity index (χ0) is 11.4. The van der Waals surface area contributed by atoms with Crippen molar-refractivity contribution < 1.29 is 9.53 Å². The van der Waals surface area contributed by atoms with Gasteiger partial charge in [0.1, 0.15) is 5.75 Å². The third-order valence-electron chi connectivity index (χ3n) is 2.10. The van der Waals surface area contributed by atoms with Gasteiger partial charge in [-0.3, -0.25) is 0 Å². The van der Waals surface area contributed by atoms with Crippen molar-refractivity contribution in [2.45, 2.75) is 0 Å². The second-order valence-corrected chi connectivity index (χ2v) is 3.32. The molecule has 0 aromatic heterocycles. The summed E-state index contributed by atoms with van der Waals surface area (Å²) in [7, 11) is 0. The molecule has 0 fully saturated rings. The van der Waals surface area contributed by atoms with Crippen molar-refractivity contribution >= 4 is 11.7 Å². The van der Waals surface area contributed by atoms with Crippen LogP contribution in [-0.4, -0.2) is 5.97 Å². The van der Waals surface area contributed by atoms with Crippen LogP contribution in [0.3, 0.4) is 0 Å². The van der Waals surface area contributed by atoms with E-state index >= 15 is 0 Å². The molecule has 2 aromatic carbocycles. The van der Waals surface area contributed by atoms with Crippen LogP contribution in [0.1, 0.15) is 10.4 Å². The molecule has 3 heteroatoms. The van der Waals surface area contributed by atoms with Crippen LogP contribution in [0, 0.1) is 0 Å². The Morgan fingerprint density at radius 2 is 1.56 bits per heavy atom. The first kappa shape index (κ1) is 10.2. The van der Waals surface area contributed by atoms with Gasteiger partial charge >= 0.3 is 5.97 Å². The molecule has 0 bridgehead atoms. The van der Waals surface area contributed by atoms with Crippen LogP contribution in [-0.2, 0) is 0 Å². The molecule has 0 amide bonds. The number of carbonyl (C=O) groups excluding carboxylic acids is 1. The Kier molecular flexibility index (Phi) is 2.87. The average Bonchev–Trinajstić information content (AvgIpc) is 2.31. The maximum Gasteiger partial charge on any atom is 0.343 e. The van der Waals surface area contributed by atoms with Crippen molar-refractivity contribution in [3.8, 4) is 5.75 Å². The quantitative estimate of drug-likeness (QED) is 0.473. The molecule has 0 aliphatic rings. The van der Waals surface area contributed by atoms with Crippen LogP contribution in [0.25, 0.3) is 0 Å². The summed E-state index contributed by atoms with van der Waals surface area (Å²) in [5, 5.41) is 0. The summed E-state index contributed by atoms with van der Waals surface area (Å²) in [5.41, 5.74) is 6.63. The summed E-state index contributed by atoms with van der Waals surface area (Å²) in [6.07, 6.45) is 0. The zero-order valence-corrected chi connectivity index (χ0v) is 8.59. The lowest BCUT2D eigenvalue weighted by Crippen LogP contribution is -2.08. The minimum Gasteiger partial charge on any atom is -0.423 e. The Bertz CT molecular complexity index is 477. The number of carbonyl (C=O) groups is 1. The maximum absolute atomic E-state index is 11.7. The van der Waals surface area contributed by atoms with E-state index in [0.29, 0.717) is 17.0 Å². The van der Waals surface area contributed by atoms with Gasteiger partial charge in [-0.2, -0.15) is 0 Å². The highest BCUT2D eigenvalue weighted by Gasteiger charge is 2.07. The van der Waals surface area contributed by atoms with Crippen LogP contribution in [0.2, 0.25) is 0 Å². The first-order valence-electron chi connectivity index (χ1n) is 4.88. The molecule has 80 valence electrons. The minimum atomic E-state index is -0.383. The second-order valence-electron chi connectivity index (χ2n) is 3.32. The van der Waals surface area contributed by atoms with Crippen LogP contribution >= 0.6 is 0 Å². The Balaban J connectivity index is 2.12. The molecule has 2 N–H and O–H groups in total. The lowest BCUT2D eigenvalue weighted by atomic mass is 10.2. The van der Waals surface area contributed by atoms with E-state index in [2.05, 4.69) is 0 Å². The molecule has 0 saturated heterocycles. The van der Waals surface area contributed by atoms with E-state index in [0.717, 1.165) is 0 Å². The molecular formula is C13H11NO2. The van der Waals surface area contributed by atoms with Gasteiger partial charge in [-0.05, 0) is 36.4 Å². The molecule has 16 heavy (non-hydrogen) atoms. The molecule has 3 nitrogen and oxygen atoms in total. The van der Waals surface area contributed by atoms with Gasteiger partial charge in [-0.1, -0.05) is 18.2 Å². The largest absolute Gasteiger partial charge is 0.423 e. The highest BCUT2D eigenvalue weighted by Crippen LogP contribution is 2.12. The fourth-order valence-corrected chi connectivity index (χ4v) is 1.27. The van der Waals surface area contributed by atoms with E-state index in [4.69, 9.17) is 10.5 Å². The van der Waals surface area contributed by atoms with Gasteiger partial charge in [-0.15, -0.1) is 0 Å². The first-order chi connectivity index (χ1) is 7.75. The molecular weight excluding hydrogens is 202 g/mol. The van der Waals surface area contributed by atoms with Crippen molar-refractivity contribution in [3.05, 3.63) is 60.2 Å². The molecule has 0 aliphatic carbocycles. The minimum absolute atomic E-state index is 0.383. The number of nitrogens with two attached hydrogens (primary N) is 1. The number of anilines is 1. The number of nitrogen functional groups attached to an aromatic ring is 1. The summed E-state index contributed by atoms with van der Waals surface area (Å²) < 4.78 is 5.16. The van der Waals surface area contributed by atoms with E-state index < -0.39 is 0 Å². The Hall–Kier alpha value is -2.29. The molecule has 0 atom stereocenters. The van der Waals surface area contributed by atoms with E-state index in [1.54, 1.807) is 36.4 Å². The monoisotopic (exact) mass is 213 g/mol. The lowest BCUT2D eigenvalue weighted by molar-refractivity contribution is 0.0735. The number of ether oxygens (including phenoxy) is 1. The highest BCUT2D eigenvalue weighted by molar-refractivity contribution is 5.91. The predicted molar refractivity (Wildman–Crippen MR) is 62.3 cm³/mol. The van der Waals surface area contributed by atoms with Crippen molar-refractivity contribution in [1.29, 1.82) is 0 Å². The number of hydrogen-bond acceptors (Lipinski definition) is 3. The van der Waals surface area contributed by atoms with Crippen LogP contribution in [0.5, 0.6) is 5.75 Å². The zero-order valence-electron chi connectivity index (χ0n) is 8.59. The normalized spacial score (nSPS) is 9.75. The topological polar surface area (TPSA) is 52.3 Å². The summed E-state index contributed by atoms with van der Waals surface area (Å²) in [6, 6.07) is 15.6. The first-order valence-corrected chi connectivity index (χ1v) is 4.88. The number of rotatable bonds is 2. The molecule has 0 radical (unpaired) electrons. The van der Waals surface area contributed by atoms with Crippen LogP contribution in [0.4, 0.5) is 5.69 Å². The highest BCUT2D eigenvalue weighted by atomic mass is 16.5.